The lowest BCUT2D eigenvalue weighted by atomic mass is 10.1. The highest BCUT2D eigenvalue weighted by Gasteiger charge is 2.10. The summed E-state index contributed by atoms with van der Waals surface area (Å²) >= 11 is 0. The number of aromatic nitrogens is 6. The van der Waals surface area contributed by atoms with Gasteiger partial charge in [0.1, 0.15) is 5.69 Å². The molecular formula is C25H32N6. The van der Waals surface area contributed by atoms with Gasteiger partial charge in [-0.15, -0.1) is 10.2 Å². The first kappa shape index (κ1) is 21.3. The van der Waals surface area contributed by atoms with Gasteiger partial charge in [-0.3, -0.25) is 4.98 Å². The molecule has 6 nitrogen and oxygen atoms in total. The summed E-state index contributed by atoms with van der Waals surface area (Å²) in [6.45, 7) is 3.08. The maximum Gasteiger partial charge on any atom is 0.223 e. The van der Waals surface area contributed by atoms with Gasteiger partial charge in [-0.25, -0.2) is 4.98 Å². The van der Waals surface area contributed by atoms with Crippen LogP contribution in [0.25, 0.3) is 33.3 Å². The Labute approximate surface area is 184 Å². The molecule has 0 saturated carbocycles. The van der Waals surface area contributed by atoms with Crippen molar-refractivity contribution >= 4 is 21.8 Å². The molecule has 0 bridgehead atoms. The smallest absolute Gasteiger partial charge is 0.223 e. The number of benzene rings is 1. The van der Waals surface area contributed by atoms with Gasteiger partial charge in [0.2, 0.25) is 5.82 Å². The van der Waals surface area contributed by atoms with E-state index in [1.54, 1.807) is 11.0 Å². The fourth-order valence-electron chi connectivity index (χ4n) is 4.03. The molecule has 0 spiro atoms. The molecule has 0 unspecified atom stereocenters. The monoisotopic (exact) mass is 416 g/mol. The number of pyridine rings is 2. The summed E-state index contributed by atoms with van der Waals surface area (Å²) in [6.07, 6.45) is 15.0. The van der Waals surface area contributed by atoms with Crippen molar-refractivity contribution in [1.82, 2.24) is 30.2 Å². The Bertz CT molecular complexity index is 1100. The van der Waals surface area contributed by atoms with Crippen molar-refractivity contribution in [1.29, 1.82) is 0 Å². The summed E-state index contributed by atoms with van der Waals surface area (Å²) in [4.78, 5) is 11.0. The van der Waals surface area contributed by atoms with Gasteiger partial charge < -0.3 is 0 Å². The molecule has 6 heteroatoms. The van der Waals surface area contributed by atoms with Gasteiger partial charge in [-0.2, -0.15) is 4.80 Å². The Kier molecular flexibility index (Phi) is 7.53. The summed E-state index contributed by atoms with van der Waals surface area (Å²) in [5, 5.41) is 15.2. The van der Waals surface area contributed by atoms with Gasteiger partial charge in [0, 0.05) is 17.0 Å². The van der Waals surface area contributed by atoms with Crippen molar-refractivity contribution < 1.29 is 0 Å². The van der Waals surface area contributed by atoms with Crippen molar-refractivity contribution in [2.24, 2.45) is 0 Å². The molecule has 0 radical (unpaired) electrons. The van der Waals surface area contributed by atoms with E-state index in [1.807, 2.05) is 12.1 Å². The number of aryl methyl sites for hydroxylation is 1. The first-order chi connectivity index (χ1) is 15.3. The van der Waals surface area contributed by atoms with Crippen LogP contribution in [0.15, 0.2) is 42.6 Å². The van der Waals surface area contributed by atoms with Crippen LogP contribution in [0.5, 0.6) is 0 Å². The second kappa shape index (κ2) is 10.9. The average Bonchev–Trinajstić information content (AvgIpc) is 3.29. The third-order valence-corrected chi connectivity index (χ3v) is 5.83. The van der Waals surface area contributed by atoms with E-state index >= 15 is 0 Å². The standard InChI is InChI=1S/C25H32N6/c1-2-3-4-5-6-7-8-9-10-11-19-31-29-25(28-30-31)22-17-16-21-15-14-20-13-12-18-26-23(20)24(21)27-22/h12-18H,2-11,19H2,1H3. The molecule has 0 amide bonds. The molecule has 3 heterocycles. The fraction of sp³-hybridized carbons (Fsp3) is 0.480. The van der Waals surface area contributed by atoms with E-state index < -0.39 is 0 Å². The Morgan fingerprint density at radius 2 is 1.42 bits per heavy atom. The molecule has 0 atom stereocenters. The van der Waals surface area contributed by atoms with Gasteiger partial charge >= 0.3 is 0 Å². The second-order valence-electron chi connectivity index (χ2n) is 8.30. The largest absolute Gasteiger partial charge is 0.254 e. The van der Waals surface area contributed by atoms with Crippen LogP contribution in [0.4, 0.5) is 0 Å². The van der Waals surface area contributed by atoms with Crippen LogP contribution in [0.2, 0.25) is 0 Å². The normalized spacial score (nSPS) is 11.5. The van der Waals surface area contributed by atoms with Crippen LogP contribution in [-0.4, -0.2) is 30.2 Å². The Morgan fingerprint density at radius 3 is 2.19 bits per heavy atom. The zero-order chi connectivity index (χ0) is 21.3. The van der Waals surface area contributed by atoms with E-state index in [2.05, 4.69) is 51.6 Å². The van der Waals surface area contributed by atoms with Crippen LogP contribution in [0, 0.1) is 0 Å². The first-order valence-electron chi connectivity index (χ1n) is 11.8. The van der Waals surface area contributed by atoms with E-state index in [0.29, 0.717) is 5.82 Å². The van der Waals surface area contributed by atoms with Gasteiger partial charge in [0.05, 0.1) is 17.6 Å². The predicted molar refractivity (Wildman–Crippen MR) is 126 cm³/mol. The average molecular weight is 417 g/mol. The van der Waals surface area contributed by atoms with Crippen molar-refractivity contribution in [3.05, 3.63) is 42.6 Å². The third-order valence-electron chi connectivity index (χ3n) is 5.83. The fourth-order valence-corrected chi connectivity index (χ4v) is 4.03. The zero-order valence-corrected chi connectivity index (χ0v) is 18.5. The minimum Gasteiger partial charge on any atom is -0.254 e. The summed E-state index contributed by atoms with van der Waals surface area (Å²) < 4.78 is 0. The first-order valence-corrected chi connectivity index (χ1v) is 11.8. The number of fused-ring (bicyclic) bond motifs is 3. The van der Waals surface area contributed by atoms with Gasteiger partial charge in [-0.1, -0.05) is 89.0 Å². The van der Waals surface area contributed by atoms with E-state index in [0.717, 1.165) is 40.5 Å². The molecule has 0 aliphatic rings. The Hall–Kier alpha value is -2.89. The van der Waals surface area contributed by atoms with Crippen LogP contribution in [0.1, 0.15) is 71.1 Å². The molecule has 31 heavy (non-hydrogen) atoms. The van der Waals surface area contributed by atoms with Gasteiger partial charge in [0.15, 0.2) is 0 Å². The Morgan fingerprint density at radius 1 is 0.742 bits per heavy atom. The second-order valence-corrected chi connectivity index (χ2v) is 8.30. The molecular weight excluding hydrogens is 384 g/mol. The summed E-state index contributed by atoms with van der Waals surface area (Å²) in [7, 11) is 0. The maximum absolute atomic E-state index is 4.80. The number of hydrogen-bond acceptors (Lipinski definition) is 5. The molecule has 0 N–H and O–H groups in total. The quantitative estimate of drug-likeness (QED) is 0.199. The predicted octanol–water partition coefficient (Wildman–Crippen LogP) is 6.36. The topological polar surface area (TPSA) is 69.4 Å². The molecule has 4 rings (SSSR count). The van der Waals surface area contributed by atoms with Crippen molar-refractivity contribution in [2.75, 3.05) is 0 Å². The highest BCUT2D eigenvalue weighted by Crippen LogP contribution is 2.24. The molecule has 0 aliphatic heterocycles. The van der Waals surface area contributed by atoms with Gasteiger partial charge in [-0.05, 0) is 23.8 Å². The van der Waals surface area contributed by atoms with E-state index in [1.165, 1.54) is 57.8 Å². The van der Waals surface area contributed by atoms with Crippen LogP contribution < -0.4 is 0 Å². The van der Waals surface area contributed by atoms with E-state index in [9.17, 15) is 0 Å². The molecule has 0 saturated heterocycles. The minimum absolute atomic E-state index is 0.571. The maximum atomic E-state index is 4.80. The van der Waals surface area contributed by atoms with Crippen molar-refractivity contribution in [3.63, 3.8) is 0 Å². The molecule has 0 aliphatic carbocycles. The lowest BCUT2D eigenvalue weighted by molar-refractivity contribution is 0.471. The third kappa shape index (κ3) is 5.63. The SMILES string of the molecule is CCCCCCCCCCCCn1nnc(-c2ccc3ccc4cccnc4c3n2)n1. The zero-order valence-electron chi connectivity index (χ0n) is 18.5. The molecule has 162 valence electrons. The summed E-state index contributed by atoms with van der Waals surface area (Å²) in [6, 6.07) is 12.2. The molecule has 3 aromatic heterocycles. The van der Waals surface area contributed by atoms with Crippen molar-refractivity contribution in [3.8, 4) is 11.5 Å². The highest BCUT2D eigenvalue weighted by atomic mass is 15.6. The van der Waals surface area contributed by atoms with Crippen LogP contribution in [-0.2, 0) is 6.54 Å². The number of unbranched alkanes of at least 4 members (excludes halogenated alkanes) is 9. The summed E-state index contributed by atoms with van der Waals surface area (Å²) in [5.74, 6) is 0.571. The molecule has 4 aromatic rings. The number of rotatable bonds is 12. The number of tetrazole rings is 1. The van der Waals surface area contributed by atoms with Crippen molar-refractivity contribution in [2.45, 2.75) is 77.7 Å². The minimum atomic E-state index is 0.571. The number of hydrogen-bond donors (Lipinski definition) is 0. The van der Waals surface area contributed by atoms with Gasteiger partial charge in [0.25, 0.3) is 0 Å². The van der Waals surface area contributed by atoms with Crippen LogP contribution >= 0.6 is 0 Å². The van der Waals surface area contributed by atoms with E-state index in [4.69, 9.17) is 4.98 Å². The van der Waals surface area contributed by atoms with E-state index in [-0.39, 0.29) is 0 Å². The molecule has 0 fully saturated rings. The summed E-state index contributed by atoms with van der Waals surface area (Å²) in [5.41, 5.74) is 2.52. The Balaban J connectivity index is 1.29. The molecule has 1 aromatic carbocycles. The highest BCUT2D eigenvalue weighted by molar-refractivity contribution is 6.03. The lowest BCUT2D eigenvalue weighted by Crippen LogP contribution is -2.02. The van der Waals surface area contributed by atoms with Crippen LogP contribution in [0.3, 0.4) is 0 Å². The number of nitrogens with zero attached hydrogens (tertiary/aromatic N) is 6. The lowest BCUT2D eigenvalue weighted by Gasteiger charge is -2.03.